The van der Waals surface area contributed by atoms with E-state index in [0.29, 0.717) is 5.56 Å². The van der Waals surface area contributed by atoms with E-state index in [2.05, 4.69) is 26.2 Å². The molecule has 2 aromatic carbocycles. The molecule has 0 amide bonds. The van der Waals surface area contributed by atoms with E-state index >= 15 is 0 Å². The van der Waals surface area contributed by atoms with Gasteiger partial charge in [-0.25, -0.2) is 0 Å². The molecule has 0 fully saturated rings. The molecule has 0 bridgehead atoms. The molecule has 114 valence electrons. The van der Waals surface area contributed by atoms with E-state index in [1.165, 1.54) is 0 Å². The van der Waals surface area contributed by atoms with Crippen LogP contribution in [0.3, 0.4) is 0 Å². The largest absolute Gasteiger partial charge is 0.371 e. The quantitative estimate of drug-likeness (QED) is 0.654. The second kappa shape index (κ2) is 7.20. The van der Waals surface area contributed by atoms with Crippen molar-refractivity contribution < 1.29 is 4.79 Å². The van der Waals surface area contributed by atoms with Gasteiger partial charge in [0.15, 0.2) is 5.78 Å². The molecule has 3 rings (SSSR count). The van der Waals surface area contributed by atoms with Crippen LogP contribution >= 0.6 is 15.9 Å². The molecule has 1 N–H and O–H groups in total. The van der Waals surface area contributed by atoms with Crippen LogP contribution in [0.4, 0.5) is 5.69 Å². The van der Waals surface area contributed by atoms with Crippen LogP contribution in [0.5, 0.6) is 0 Å². The van der Waals surface area contributed by atoms with E-state index in [1.807, 2.05) is 54.6 Å². The number of benzene rings is 2. The van der Waals surface area contributed by atoms with E-state index in [1.54, 1.807) is 24.5 Å². The Morgan fingerprint density at radius 1 is 0.913 bits per heavy atom. The normalized spacial score (nSPS) is 11.7. The zero-order valence-corrected chi connectivity index (χ0v) is 13.9. The molecule has 4 heteroatoms. The number of carbonyl (C=O) groups excluding carboxylic acids is 1. The molecule has 0 saturated heterocycles. The summed E-state index contributed by atoms with van der Waals surface area (Å²) in [7, 11) is 0. The highest BCUT2D eigenvalue weighted by molar-refractivity contribution is 9.10. The molecule has 1 unspecified atom stereocenters. The lowest BCUT2D eigenvalue weighted by atomic mass is 9.97. The Hall–Kier alpha value is -2.46. The summed E-state index contributed by atoms with van der Waals surface area (Å²) in [6.07, 6.45) is 3.27. The standard InChI is InChI=1S/C19H15BrN2O/c20-16-8-6-14(7-9-16)18(22-17-4-2-1-3-5-17)19(23)15-10-12-21-13-11-15/h1-13,18,22H. The molecule has 0 radical (unpaired) electrons. The number of pyridine rings is 1. The number of ketones is 1. The van der Waals surface area contributed by atoms with Crippen LogP contribution in [-0.4, -0.2) is 10.8 Å². The van der Waals surface area contributed by atoms with Gasteiger partial charge in [0.25, 0.3) is 0 Å². The fourth-order valence-electron chi connectivity index (χ4n) is 2.34. The molecule has 0 aliphatic heterocycles. The summed E-state index contributed by atoms with van der Waals surface area (Å²) < 4.78 is 0.982. The topological polar surface area (TPSA) is 42.0 Å². The Kier molecular flexibility index (Phi) is 4.83. The van der Waals surface area contributed by atoms with Crippen molar-refractivity contribution in [2.75, 3.05) is 5.32 Å². The number of anilines is 1. The van der Waals surface area contributed by atoms with Crippen molar-refractivity contribution in [3.05, 3.63) is 94.7 Å². The minimum absolute atomic E-state index is 0.0126. The number of hydrogen-bond donors (Lipinski definition) is 1. The van der Waals surface area contributed by atoms with Crippen molar-refractivity contribution in [3.8, 4) is 0 Å². The molecule has 1 atom stereocenters. The molecule has 23 heavy (non-hydrogen) atoms. The molecule has 0 aliphatic carbocycles. The van der Waals surface area contributed by atoms with Gasteiger partial charge in [-0.1, -0.05) is 46.3 Å². The summed E-state index contributed by atoms with van der Waals surface area (Å²) in [5.41, 5.74) is 2.46. The first-order chi connectivity index (χ1) is 11.2. The maximum absolute atomic E-state index is 12.9. The van der Waals surface area contributed by atoms with Gasteiger partial charge in [-0.3, -0.25) is 9.78 Å². The van der Waals surface area contributed by atoms with Crippen molar-refractivity contribution in [2.24, 2.45) is 0 Å². The Bertz CT molecular complexity index is 773. The average Bonchev–Trinajstić information content (AvgIpc) is 2.62. The predicted octanol–water partition coefficient (Wildman–Crippen LogP) is 4.88. The molecule has 0 saturated carbocycles. The molecular weight excluding hydrogens is 352 g/mol. The molecule has 3 aromatic rings. The van der Waals surface area contributed by atoms with E-state index < -0.39 is 6.04 Å². The number of rotatable bonds is 5. The molecule has 0 spiro atoms. The maximum Gasteiger partial charge on any atom is 0.189 e. The Balaban J connectivity index is 1.96. The van der Waals surface area contributed by atoms with Gasteiger partial charge in [-0.05, 0) is 42.0 Å². The van der Waals surface area contributed by atoms with Gasteiger partial charge in [0.1, 0.15) is 6.04 Å². The number of para-hydroxylation sites is 1. The molecule has 3 nitrogen and oxygen atoms in total. The van der Waals surface area contributed by atoms with Gasteiger partial charge in [0, 0.05) is 28.1 Å². The lowest BCUT2D eigenvalue weighted by Crippen LogP contribution is -2.21. The van der Waals surface area contributed by atoms with Crippen molar-refractivity contribution in [1.29, 1.82) is 0 Å². The van der Waals surface area contributed by atoms with Gasteiger partial charge >= 0.3 is 0 Å². The average molecular weight is 367 g/mol. The van der Waals surface area contributed by atoms with Crippen LogP contribution in [0.1, 0.15) is 22.0 Å². The maximum atomic E-state index is 12.9. The summed E-state index contributed by atoms with van der Waals surface area (Å²) in [6.45, 7) is 0. The number of hydrogen-bond acceptors (Lipinski definition) is 3. The Morgan fingerprint density at radius 3 is 2.22 bits per heavy atom. The zero-order valence-electron chi connectivity index (χ0n) is 12.3. The third-order valence-corrected chi connectivity index (χ3v) is 4.04. The molecule has 1 heterocycles. The third kappa shape index (κ3) is 3.85. The van der Waals surface area contributed by atoms with Gasteiger partial charge < -0.3 is 5.32 Å². The second-order valence-electron chi connectivity index (χ2n) is 5.10. The second-order valence-corrected chi connectivity index (χ2v) is 6.01. The van der Waals surface area contributed by atoms with Crippen LogP contribution in [0, 0.1) is 0 Å². The van der Waals surface area contributed by atoms with Crippen molar-refractivity contribution >= 4 is 27.4 Å². The number of nitrogens with one attached hydrogen (secondary N) is 1. The highest BCUT2D eigenvalue weighted by Crippen LogP contribution is 2.25. The lowest BCUT2D eigenvalue weighted by molar-refractivity contribution is 0.0969. The Morgan fingerprint density at radius 2 is 1.57 bits per heavy atom. The Labute approximate surface area is 143 Å². The fraction of sp³-hybridized carbons (Fsp3) is 0.0526. The van der Waals surface area contributed by atoms with Gasteiger partial charge in [-0.15, -0.1) is 0 Å². The highest BCUT2D eigenvalue weighted by atomic mass is 79.9. The fourth-order valence-corrected chi connectivity index (χ4v) is 2.60. The van der Waals surface area contributed by atoms with E-state index in [4.69, 9.17) is 0 Å². The third-order valence-electron chi connectivity index (χ3n) is 3.52. The highest BCUT2D eigenvalue weighted by Gasteiger charge is 2.22. The summed E-state index contributed by atoms with van der Waals surface area (Å²) in [6, 6.07) is 20.5. The summed E-state index contributed by atoms with van der Waals surface area (Å²) >= 11 is 3.43. The van der Waals surface area contributed by atoms with Crippen LogP contribution in [0.2, 0.25) is 0 Å². The van der Waals surface area contributed by atoms with Crippen molar-refractivity contribution in [1.82, 2.24) is 4.98 Å². The molecular formula is C19H15BrN2O. The van der Waals surface area contributed by atoms with Gasteiger partial charge in [0.05, 0.1) is 0 Å². The predicted molar refractivity (Wildman–Crippen MR) is 95.5 cm³/mol. The zero-order chi connectivity index (χ0) is 16.1. The van der Waals surface area contributed by atoms with Crippen LogP contribution in [-0.2, 0) is 0 Å². The van der Waals surface area contributed by atoms with E-state index in [9.17, 15) is 4.79 Å². The molecule has 1 aromatic heterocycles. The number of aromatic nitrogens is 1. The SMILES string of the molecule is O=C(c1ccncc1)C(Nc1ccccc1)c1ccc(Br)cc1. The van der Waals surface area contributed by atoms with Crippen LogP contribution < -0.4 is 5.32 Å². The van der Waals surface area contributed by atoms with Crippen molar-refractivity contribution in [3.63, 3.8) is 0 Å². The van der Waals surface area contributed by atoms with Crippen molar-refractivity contribution in [2.45, 2.75) is 6.04 Å². The van der Waals surface area contributed by atoms with Crippen LogP contribution in [0.25, 0.3) is 0 Å². The summed E-state index contributed by atoms with van der Waals surface area (Å²) in [5.74, 6) is 0.0126. The minimum atomic E-state index is -0.451. The smallest absolute Gasteiger partial charge is 0.189 e. The number of halogens is 1. The lowest BCUT2D eigenvalue weighted by Gasteiger charge is -2.19. The summed E-state index contributed by atoms with van der Waals surface area (Å²) in [4.78, 5) is 16.9. The first kappa shape index (κ1) is 15.4. The number of nitrogens with zero attached hydrogens (tertiary/aromatic N) is 1. The van der Waals surface area contributed by atoms with E-state index in [0.717, 1.165) is 15.7 Å². The summed E-state index contributed by atoms with van der Waals surface area (Å²) in [5, 5.41) is 3.33. The van der Waals surface area contributed by atoms with Gasteiger partial charge in [-0.2, -0.15) is 0 Å². The van der Waals surface area contributed by atoms with Gasteiger partial charge in [0.2, 0.25) is 0 Å². The molecule has 0 aliphatic rings. The van der Waals surface area contributed by atoms with Crippen LogP contribution in [0.15, 0.2) is 83.6 Å². The minimum Gasteiger partial charge on any atom is -0.371 e. The number of Topliss-reactive ketones (excluding diaryl/α,β-unsaturated/α-hetero) is 1. The monoisotopic (exact) mass is 366 g/mol. The van der Waals surface area contributed by atoms with E-state index in [-0.39, 0.29) is 5.78 Å². The number of carbonyl (C=O) groups is 1. The first-order valence-electron chi connectivity index (χ1n) is 7.25. The first-order valence-corrected chi connectivity index (χ1v) is 8.04.